The smallest absolute Gasteiger partial charge is 0.162 e. The molecule has 1 aromatic rings. The van der Waals surface area contributed by atoms with Gasteiger partial charge in [-0.2, -0.15) is 0 Å². The molecule has 3 N–H and O–H groups in total. The number of nitrogens with zero attached hydrogens (tertiary/aromatic N) is 1. The molecular weight excluding hydrogens is 252 g/mol. The number of benzene rings is 1. The van der Waals surface area contributed by atoms with Gasteiger partial charge >= 0.3 is 0 Å². The van der Waals surface area contributed by atoms with E-state index in [0.717, 1.165) is 22.1 Å². The van der Waals surface area contributed by atoms with Gasteiger partial charge in [-0.15, -0.1) is 11.8 Å². The number of thioether (sulfide) groups is 1. The van der Waals surface area contributed by atoms with Crippen molar-refractivity contribution in [3.63, 3.8) is 0 Å². The standard InChI is InChI=1S/C12H16N2O3S/c1-8(12(13)14-15)7-18-9-2-3-10-11(6-9)17-5-4-16-10/h2-3,6,8,15H,4-5,7H2,1H3,(H2,13,14). The van der Waals surface area contributed by atoms with E-state index in [1.807, 2.05) is 25.1 Å². The molecule has 0 fully saturated rings. The van der Waals surface area contributed by atoms with Crippen molar-refractivity contribution in [1.82, 2.24) is 0 Å². The molecule has 18 heavy (non-hydrogen) atoms. The lowest BCUT2D eigenvalue weighted by Gasteiger charge is -2.19. The van der Waals surface area contributed by atoms with Gasteiger partial charge in [-0.05, 0) is 18.2 Å². The number of fused-ring (bicyclic) bond motifs is 1. The Hall–Kier alpha value is -1.56. The highest BCUT2D eigenvalue weighted by molar-refractivity contribution is 7.99. The molecule has 1 aliphatic rings. The highest BCUT2D eigenvalue weighted by atomic mass is 32.2. The third-order valence-electron chi connectivity index (χ3n) is 2.63. The Kier molecular flexibility index (Phi) is 4.19. The second kappa shape index (κ2) is 5.86. The van der Waals surface area contributed by atoms with Crippen LogP contribution < -0.4 is 15.2 Å². The van der Waals surface area contributed by atoms with Crippen LogP contribution in [0, 0.1) is 5.92 Å². The summed E-state index contributed by atoms with van der Waals surface area (Å²) in [5.41, 5.74) is 5.53. The van der Waals surface area contributed by atoms with Gasteiger partial charge in [0, 0.05) is 16.6 Å². The largest absolute Gasteiger partial charge is 0.486 e. The number of amidine groups is 1. The first-order valence-corrected chi connectivity index (χ1v) is 6.69. The van der Waals surface area contributed by atoms with Crippen molar-refractivity contribution in [2.24, 2.45) is 16.8 Å². The number of oxime groups is 1. The Morgan fingerprint density at radius 3 is 2.89 bits per heavy atom. The van der Waals surface area contributed by atoms with E-state index in [9.17, 15) is 0 Å². The Balaban J connectivity index is 1.98. The summed E-state index contributed by atoms with van der Waals surface area (Å²) in [5.74, 6) is 2.58. The summed E-state index contributed by atoms with van der Waals surface area (Å²) in [7, 11) is 0. The molecule has 1 unspecified atom stereocenters. The molecule has 0 aliphatic carbocycles. The summed E-state index contributed by atoms with van der Waals surface area (Å²) in [6.07, 6.45) is 0. The maximum absolute atomic E-state index is 8.58. The fraction of sp³-hybridized carbons (Fsp3) is 0.417. The van der Waals surface area contributed by atoms with Crippen molar-refractivity contribution >= 4 is 17.6 Å². The first-order chi connectivity index (χ1) is 8.70. The molecule has 98 valence electrons. The van der Waals surface area contributed by atoms with E-state index < -0.39 is 0 Å². The van der Waals surface area contributed by atoms with Crippen molar-refractivity contribution in [3.8, 4) is 11.5 Å². The van der Waals surface area contributed by atoms with Crippen LogP contribution in [0.2, 0.25) is 0 Å². The van der Waals surface area contributed by atoms with Crippen LogP contribution in [0.1, 0.15) is 6.92 Å². The molecule has 1 aliphatic heterocycles. The zero-order valence-electron chi connectivity index (χ0n) is 10.1. The minimum absolute atomic E-state index is 0.0215. The quantitative estimate of drug-likeness (QED) is 0.287. The van der Waals surface area contributed by atoms with E-state index >= 15 is 0 Å². The van der Waals surface area contributed by atoms with Crippen LogP contribution in [-0.4, -0.2) is 30.0 Å². The average molecular weight is 268 g/mol. The molecule has 1 heterocycles. The second-order valence-corrected chi connectivity index (χ2v) is 5.14. The molecule has 0 saturated carbocycles. The van der Waals surface area contributed by atoms with Crippen LogP contribution in [0.5, 0.6) is 11.5 Å². The number of nitrogens with two attached hydrogens (primary N) is 1. The molecule has 0 radical (unpaired) electrons. The van der Waals surface area contributed by atoms with Gasteiger partial charge in [-0.1, -0.05) is 12.1 Å². The molecule has 1 atom stereocenters. The predicted octanol–water partition coefficient (Wildman–Crippen LogP) is 1.93. The number of rotatable bonds is 4. The van der Waals surface area contributed by atoms with Gasteiger partial charge in [0.25, 0.3) is 0 Å². The van der Waals surface area contributed by atoms with Crippen molar-refractivity contribution in [2.45, 2.75) is 11.8 Å². The summed E-state index contributed by atoms with van der Waals surface area (Å²) in [6, 6.07) is 5.85. The first-order valence-electron chi connectivity index (χ1n) is 5.70. The van der Waals surface area contributed by atoms with E-state index in [0.29, 0.717) is 13.2 Å². The molecule has 2 rings (SSSR count). The number of ether oxygens (including phenoxy) is 2. The molecule has 0 spiro atoms. The van der Waals surface area contributed by atoms with Crippen LogP contribution in [0.25, 0.3) is 0 Å². The fourth-order valence-corrected chi connectivity index (χ4v) is 2.49. The van der Waals surface area contributed by atoms with Crippen LogP contribution >= 0.6 is 11.8 Å². The monoisotopic (exact) mass is 268 g/mol. The molecular formula is C12H16N2O3S. The molecule has 0 amide bonds. The molecule has 6 heteroatoms. The molecule has 0 bridgehead atoms. The van der Waals surface area contributed by atoms with Gasteiger partial charge in [0.15, 0.2) is 11.5 Å². The fourth-order valence-electron chi connectivity index (χ4n) is 1.52. The minimum atomic E-state index is 0.0215. The SMILES string of the molecule is CC(CSc1ccc2c(c1)OCCO2)/C(N)=N/O. The van der Waals surface area contributed by atoms with Gasteiger partial charge in [-0.25, -0.2) is 0 Å². The van der Waals surface area contributed by atoms with Crippen LogP contribution in [0.15, 0.2) is 28.3 Å². The second-order valence-electron chi connectivity index (χ2n) is 4.04. The van der Waals surface area contributed by atoms with Crippen LogP contribution in [0.3, 0.4) is 0 Å². The minimum Gasteiger partial charge on any atom is -0.486 e. The van der Waals surface area contributed by atoms with E-state index in [1.165, 1.54) is 0 Å². The van der Waals surface area contributed by atoms with Crippen molar-refractivity contribution in [2.75, 3.05) is 19.0 Å². The zero-order valence-corrected chi connectivity index (χ0v) is 10.9. The van der Waals surface area contributed by atoms with Gasteiger partial charge in [0.05, 0.1) is 0 Å². The highest BCUT2D eigenvalue weighted by Crippen LogP contribution is 2.34. The lowest BCUT2D eigenvalue weighted by atomic mass is 10.2. The average Bonchev–Trinajstić information content (AvgIpc) is 2.43. The van der Waals surface area contributed by atoms with Gasteiger partial charge in [0.2, 0.25) is 0 Å². The summed E-state index contributed by atoms with van der Waals surface area (Å²) in [5, 5.41) is 11.6. The number of hydrogen-bond donors (Lipinski definition) is 2. The van der Waals surface area contributed by atoms with Crippen molar-refractivity contribution in [3.05, 3.63) is 18.2 Å². The summed E-state index contributed by atoms with van der Waals surface area (Å²) in [6.45, 7) is 3.10. The third-order valence-corrected chi connectivity index (χ3v) is 3.89. The highest BCUT2D eigenvalue weighted by Gasteiger charge is 2.13. The predicted molar refractivity (Wildman–Crippen MR) is 70.7 cm³/mol. The summed E-state index contributed by atoms with van der Waals surface area (Å²) in [4.78, 5) is 1.08. The molecule has 5 nitrogen and oxygen atoms in total. The topological polar surface area (TPSA) is 77.1 Å². The summed E-state index contributed by atoms with van der Waals surface area (Å²) < 4.78 is 11.0. The van der Waals surface area contributed by atoms with Crippen LogP contribution in [0.4, 0.5) is 0 Å². The van der Waals surface area contributed by atoms with E-state index in [4.69, 9.17) is 20.4 Å². The van der Waals surface area contributed by atoms with Gasteiger partial charge in [-0.3, -0.25) is 0 Å². The Morgan fingerprint density at radius 2 is 2.17 bits per heavy atom. The lowest BCUT2D eigenvalue weighted by molar-refractivity contribution is 0.171. The van der Waals surface area contributed by atoms with Gasteiger partial charge in [0.1, 0.15) is 19.0 Å². The molecule has 0 saturated heterocycles. The normalized spacial score (nSPS) is 16.4. The van der Waals surface area contributed by atoms with Gasteiger partial charge < -0.3 is 20.4 Å². The van der Waals surface area contributed by atoms with E-state index in [2.05, 4.69) is 5.16 Å². The zero-order chi connectivity index (χ0) is 13.0. The Morgan fingerprint density at radius 1 is 1.44 bits per heavy atom. The maximum Gasteiger partial charge on any atom is 0.162 e. The maximum atomic E-state index is 8.58. The molecule has 0 aromatic heterocycles. The van der Waals surface area contributed by atoms with E-state index in [-0.39, 0.29) is 11.8 Å². The molecule has 1 aromatic carbocycles. The van der Waals surface area contributed by atoms with Crippen molar-refractivity contribution in [1.29, 1.82) is 0 Å². The third kappa shape index (κ3) is 3.01. The summed E-state index contributed by atoms with van der Waals surface area (Å²) >= 11 is 1.64. The first kappa shape index (κ1) is 12.9. The Labute approximate surface area is 110 Å². The lowest BCUT2D eigenvalue weighted by Crippen LogP contribution is -2.22. The Bertz CT molecular complexity index is 451. The van der Waals surface area contributed by atoms with E-state index in [1.54, 1.807) is 11.8 Å². The van der Waals surface area contributed by atoms with Crippen LogP contribution in [-0.2, 0) is 0 Å². The number of hydrogen-bond acceptors (Lipinski definition) is 5. The van der Waals surface area contributed by atoms with Crippen molar-refractivity contribution < 1.29 is 14.7 Å².